The SMILES string of the molecule is CC(=O)N1c2c(Cc3ccccc3)cc(C)cc2-c2c(ssc2=S)C1(C)C. The first-order valence-electron chi connectivity index (χ1n) is 8.93. The van der Waals surface area contributed by atoms with Crippen molar-refractivity contribution in [1.29, 1.82) is 0 Å². The molecule has 2 nitrogen and oxygen atoms in total. The summed E-state index contributed by atoms with van der Waals surface area (Å²) in [4.78, 5) is 16.0. The molecule has 27 heavy (non-hydrogen) atoms. The average molecular weight is 412 g/mol. The van der Waals surface area contributed by atoms with Gasteiger partial charge in [0.2, 0.25) is 5.91 Å². The van der Waals surface area contributed by atoms with Gasteiger partial charge in [0.15, 0.2) is 0 Å². The number of carbonyl (C=O) groups is 1. The second-order valence-corrected chi connectivity index (χ2v) is 10.4. The third kappa shape index (κ3) is 2.98. The van der Waals surface area contributed by atoms with Crippen LogP contribution in [0.1, 0.15) is 42.3 Å². The lowest BCUT2D eigenvalue weighted by molar-refractivity contribution is -0.117. The monoisotopic (exact) mass is 411 g/mol. The summed E-state index contributed by atoms with van der Waals surface area (Å²) in [5.41, 5.74) is 6.47. The van der Waals surface area contributed by atoms with E-state index in [2.05, 4.69) is 57.2 Å². The molecule has 0 atom stereocenters. The minimum absolute atomic E-state index is 0.0642. The molecule has 4 rings (SSSR count). The van der Waals surface area contributed by atoms with Crippen molar-refractivity contribution in [3.63, 3.8) is 0 Å². The fourth-order valence-corrected chi connectivity index (χ4v) is 7.37. The second kappa shape index (κ2) is 6.66. The molecule has 0 fully saturated rings. The number of fused-ring (bicyclic) bond motifs is 3. The lowest BCUT2D eigenvalue weighted by Crippen LogP contribution is -2.47. The first-order valence-corrected chi connectivity index (χ1v) is 11.5. The van der Waals surface area contributed by atoms with E-state index in [1.54, 1.807) is 27.6 Å². The van der Waals surface area contributed by atoms with Gasteiger partial charge >= 0.3 is 0 Å². The van der Waals surface area contributed by atoms with Gasteiger partial charge in [0.05, 0.1) is 16.1 Å². The van der Waals surface area contributed by atoms with E-state index in [9.17, 15) is 4.79 Å². The molecule has 138 valence electrons. The molecule has 0 radical (unpaired) electrons. The fraction of sp³-hybridized carbons (Fsp3) is 0.273. The summed E-state index contributed by atoms with van der Waals surface area (Å²) < 4.78 is 0.920. The molecule has 0 aliphatic carbocycles. The number of hydrogen-bond acceptors (Lipinski definition) is 4. The quantitative estimate of drug-likeness (QED) is 0.345. The van der Waals surface area contributed by atoms with Crippen LogP contribution in [0.5, 0.6) is 0 Å². The largest absolute Gasteiger partial charge is 0.301 e. The van der Waals surface area contributed by atoms with Crippen molar-refractivity contribution in [3.05, 3.63) is 67.9 Å². The maximum Gasteiger partial charge on any atom is 0.224 e. The normalized spacial score (nSPS) is 14.6. The van der Waals surface area contributed by atoms with Gasteiger partial charge in [0.25, 0.3) is 0 Å². The van der Waals surface area contributed by atoms with Crippen LogP contribution < -0.4 is 4.90 Å². The van der Waals surface area contributed by atoms with Gasteiger partial charge in [-0.2, -0.15) is 0 Å². The summed E-state index contributed by atoms with van der Waals surface area (Å²) in [5.74, 6) is 0.0642. The minimum Gasteiger partial charge on any atom is -0.301 e. The number of aryl methyl sites for hydroxylation is 1. The van der Waals surface area contributed by atoms with Gasteiger partial charge in [-0.3, -0.25) is 4.79 Å². The molecule has 1 aliphatic rings. The van der Waals surface area contributed by atoms with Crippen molar-refractivity contribution in [2.45, 2.75) is 39.7 Å². The summed E-state index contributed by atoms with van der Waals surface area (Å²) in [6.07, 6.45) is 0.792. The molecule has 2 heterocycles. The van der Waals surface area contributed by atoms with Gasteiger partial charge < -0.3 is 4.90 Å². The van der Waals surface area contributed by atoms with Gasteiger partial charge in [-0.05, 0) is 44.4 Å². The fourth-order valence-electron chi connectivity index (χ4n) is 4.09. The maximum atomic E-state index is 12.8. The van der Waals surface area contributed by atoms with E-state index in [0.717, 1.165) is 27.1 Å². The lowest BCUT2D eigenvalue weighted by atomic mass is 9.84. The number of carbonyl (C=O) groups excluding carboxylic acids is 1. The smallest absolute Gasteiger partial charge is 0.224 e. The summed E-state index contributed by atoms with van der Waals surface area (Å²) in [7, 11) is 3.34. The molecule has 1 aliphatic heterocycles. The van der Waals surface area contributed by atoms with E-state index in [-0.39, 0.29) is 5.91 Å². The van der Waals surface area contributed by atoms with Gasteiger partial charge in [0.1, 0.15) is 3.82 Å². The number of hydrogen-bond donors (Lipinski definition) is 0. The highest BCUT2D eigenvalue weighted by atomic mass is 32.9. The first-order chi connectivity index (χ1) is 12.8. The Labute approximate surface area is 172 Å². The van der Waals surface area contributed by atoms with E-state index >= 15 is 0 Å². The van der Waals surface area contributed by atoms with Gasteiger partial charge in [-0.1, -0.05) is 74.9 Å². The third-order valence-corrected chi connectivity index (χ3v) is 8.45. The van der Waals surface area contributed by atoms with Crippen molar-refractivity contribution in [3.8, 4) is 11.1 Å². The van der Waals surface area contributed by atoms with Crippen LogP contribution in [0, 0.1) is 10.7 Å². The molecule has 1 amide bonds. The maximum absolute atomic E-state index is 12.8. The van der Waals surface area contributed by atoms with Crippen LogP contribution >= 0.6 is 32.9 Å². The lowest BCUT2D eigenvalue weighted by Gasteiger charge is -2.43. The predicted molar refractivity (Wildman–Crippen MR) is 119 cm³/mol. The Bertz CT molecular complexity index is 1090. The third-order valence-electron chi connectivity index (χ3n) is 5.12. The van der Waals surface area contributed by atoms with E-state index in [1.807, 2.05) is 11.0 Å². The van der Waals surface area contributed by atoms with Gasteiger partial charge in [0, 0.05) is 18.1 Å². The van der Waals surface area contributed by atoms with Crippen LogP contribution in [0.15, 0.2) is 42.5 Å². The molecule has 0 saturated carbocycles. The molecule has 5 heteroatoms. The van der Waals surface area contributed by atoms with Crippen LogP contribution in [0.2, 0.25) is 0 Å². The van der Waals surface area contributed by atoms with Crippen LogP contribution in [0.25, 0.3) is 11.1 Å². The van der Waals surface area contributed by atoms with Crippen molar-refractivity contribution < 1.29 is 4.79 Å². The Kier molecular flexibility index (Phi) is 4.57. The number of benzene rings is 2. The Morgan fingerprint density at radius 1 is 1.15 bits per heavy atom. The van der Waals surface area contributed by atoms with Crippen molar-refractivity contribution in [1.82, 2.24) is 0 Å². The number of nitrogens with zero attached hydrogens (tertiary/aromatic N) is 1. The highest BCUT2D eigenvalue weighted by Crippen LogP contribution is 2.53. The number of anilines is 1. The van der Waals surface area contributed by atoms with Crippen molar-refractivity contribution in [2.24, 2.45) is 0 Å². The number of amides is 1. The summed E-state index contributed by atoms with van der Waals surface area (Å²) in [6, 6.07) is 14.8. The van der Waals surface area contributed by atoms with Crippen LogP contribution in [0.4, 0.5) is 5.69 Å². The molecule has 3 aromatic rings. The Hall–Kier alpha value is -1.82. The highest BCUT2D eigenvalue weighted by molar-refractivity contribution is 7.80. The Morgan fingerprint density at radius 3 is 2.52 bits per heavy atom. The molecular weight excluding hydrogens is 390 g/mol. The summed E-state index contributed by atoms with van der Waals surface area (Å²) in [6.45, 7) is 8.03. The minimum atomic E-state index is -0.410. The van der Waals surface area contributed by atoms with Crippen molar-refractivity contribution >= 4 is 44.5 Å². The van der Waals surface area contributed by atoms with Crippen molar-refractivity contribution in [2.75, 3.05) is 4.90 Å². The molecule has 0 N–H and O–H groups in total. The topological polar surface area (TPSA) is 20.3 Å². The van der Waals surface area contributed by atoms with Crippen LogP contribution in [-0.2, 0) is 16.8 Å². The Balaban J connectivity index is 2.04. The van der Waals surface area contributed by atoms with E-state index in [1.165, 1.54) is 21.6 Å². The zero-order valence-corrected chi connectivity index (χ0v) is 18.3. The highest BCUT2D eigenvalue weighted by Gasteiger charge is 2.42. The van der Waals surface area contributed by atoms with E-state index in [0.29, 0.717) is 0 Å². The van der Waals surface area contributed by atoms with Crippen LogP contribution in [0.3, 0.4) is 0 Å². The standard InChI is InChI=1S/C22H21NOS3/c1-13-10-16(12-15-8-6-5-7-9-15)19-17(11-13)18-20(26-27-21(18)25)22(3,4)23(19)14(2)24/h5-11H,12H2,1-4H3. The summed E-state index contributed by atoms with van der Waals surface area (Å²) in [5, 5.41) is 0. The van der Waals surface area contributed by atoms with E-state index in [4.69, 9.17) is 12.2 Å². The van der Waals surface area contributed by atoms with Crippen LogP contribution in [-0.4, -0.2) is 5.91 Å². The zero-order chi connectivity index (χ0) is 19.3. The molecular formula is C22H21NOS3. The molecule has 0 saturated heterocycles. The summed E-state index contributed by atoms with van der Waals surface area (Å²) >= 11 is 5.70. The van der Waals surface area contributed by atoms with Gasteiger partial charge in [-0.25, -0.2) is 0 Å². The molecule has 0 bridgehead atoms. The molecule has 1 aromatic heterocycles. The first kappa shape index (κ1) is 18.5. The molecule has 0 spiro atoms. The molecule has 2 aromatic carbocycles. The predicted octanol–water partition coefficient (Wildman–Crippen LogP) is 6.71. The van der Waals surface area contributed by atoms with E-state index < -0.39 is 5.54 Å². The average Bonchev–Trinajstić information content (AvgIpc) is 2.99. The number of rotatable bonds is 2. The Morgan fingerprint density at radius 2 is 1.85 bits per heavy atom. The second-order valence-electron chi connectivity index (χ2n) is 7.55. The van der Waals surface area contributed by atoms with Gasteiger partial charge in [-0.15, -0.1) is 0 Å². The molecule has 0 unspecified atom stereocenters. The zero-order valence-electron chi connectivity index (χ0n) is 15.8.